The summed E-state index contributed by atoms with van der Waals surface area (Å²) >= 11 is 0. The SMILES string of the molecule is CC[C@H](C(=O)NC)N(Cc1ccccc1C)C(=O)CN(c1ccc2c(c1)OCO2)S(=O)(=O)CC. The topological polar surface area (TPSA) is 105 Å². The molecule has 2 aromatic carbocycles. The highest BCUT2D eigenvalue weighted by Gasteiger charge is 2.32. The molecule has 0 spiro atoms. The van der Waals surface area contributed by atoms with Crippen LogP contribution >= 0.6 is 0 Å². The lowest BCUT2D eigenvalue weighted by molar-refractivity contribution is -0.140. The molecule has 34 heavy (non-hydrogen) atoms. The van der Waals surface area contributed by atoms with Crippen molar-refractivity contribution in [3.63, 3.8) is 0 Å². The predicted molar refractivity (Wildman–Crippen MR) is 129 cm³/mol. The number of carbonyl (C=O) groups is 2. The molecular weight excluding hydrogens is 458 g/mol. The van der Waals surface area contributed by atoms with Gasteiger partial charge in [-0.25, -0.2) is 8.42 Å². The Morgan fingerprint density at radius 2 is 1.79 bits per heavy atom. The predicted octanol–water partition coefficient (Wildman–Crippen LogP) is 2.43. The van der Waals surface area contributed by atoms with Gasteiger partial charge in [0.05, 0.1) is 11.4 Å². The van der Waals surface area contributed by atoms with Gasteiger partial charge in [0.1, 0.15) is 12.6 Å². The average Bonchev–Trinajstić information content (AvgIpc) is 3.31. The van der Waals surface area contributed by atoms with Crippen molar-refractivity contribution in [1.82, 2.24) is 10.2 Å². The second kappa shape index (κ2) is 10.8. The first-order valence-electron chi connectivity index (χ1n) is 11.2. The number of rotatable bonds is 10. The monoisotopic (exact) mass is 489 g/mol. The fourth-order valence-electron chi connectivity index (χ4n) is 3.82. The molecule has 0 radical (unpaired) electrons. The number of anilines is 1. The zero-order valence-corrected chi connectivity index (χ0v) is 20.7. The summed E-state index contributed by atoms with van der Waals surface area (Å²) < 4.78 is 37.8. The van der Waals surface area contributed by atoms with Crippen molar-refractivity contribution in [1.29, 1.82) is 0 Å². The fourth-order valence-corrected chi connectivity index (χ4v) is 4.87. The van der Waals surface area contributed by atoms with Crippen LogP contribution in [0.25, 0.3) is 0 Å². The summed E-state index contributed by atoms with van der Waals surface area (Å²) in [5.41, 5.74) is 2.15. The maximum Gasteiger partial charge on any atom is 0.244 e. The Labute approximate surface area is 200 Å². The number of likely N-dealkylation sites (N-methyl/N-ethyl adjacent to an activating group) is 1. The van der Waals surface area contributed by atoms with E-state index in [-0.39, 0.29) is 25.0 Å². The fraction of sp³-hybridized carbons (Fsp3) is 0.417. The zero-order chi connectivity index (χ0) is 24.9. The van der Waals surface area contributed by atoms with Gasteiger partial charge in [0.2, 0.25) is 28.6 Å². The van der Waals surface area contributed by atoms with Crippen molar-refractivity contribution in [2.24, 2.45) is 0 Å². The van der Waals surface area contributed by atoms with Crippen LogP contribution in [0.1, 0.15) is 31.4 Å². The molecule has 0 fully saturated rings. The molecule has 1 aliphatic rings. The van der Waals surface area contributed by atoms with Crippen molar-refractivity contribution in [2.45, 2.75) is 39.8 Å². The molecule has 2 aromatic rings. The van der Waals surface area contributed by atoms with Crippen molar-refractivity contribution in [3.8, 4) is 11.5 Å². The van der Waals surface area contributed by atoms with E-state index in [1.165, 1.54) is 18.9 Å². The van der Waals surface area contributed by atoms with Crippen LogP contribution in [0.4, 0.5) is 5.69 Å². The number of nitrogens with one attached hydrogen (secondary N) is 1. The van der Waals surface area contributed by atoms with Crippen LogP contribution in [-0.2, 0) is 26.2 Å². The summed E-state index contributed by atoms with van der Waals surface area (Å²) in [7, 11) is -2.29. The molecular formula is C24H31N3O6S. The number of ether oxygens (including phenoxy) is 2. The molecule has 0 unspecified atom stereocenters. The number of sulfonamides is 1. The first-order valence-corrected chi connectivity index (χ1v) is 12.8. The summed E-state index contributed by atoms with van der Waals surface area (Å²) in [6, 6.07) is 11.6. The van der Waals surface area contributed by atoms with E-state index < -0.39 is 28.5 Å². The molecule has 1 aliphatic heterocycles. The summed E-state index contributed by atoms with van der Waals surface area (Å²) in [5, 5.41) is 2.61. The number of benzene rings is 2. The van der Waals surface area contributed by atoms with E-state index in [1.54, 1.807) is 18.2 Å². The summed E-state index contributed by atoms with van der Waals surface area (Å²) in [5.74, 6) is -0.0597. The molecule has 0 saturated heterocycles. The minimum absolute atomic E-state index is 0.0484. The molecule has 0 bridgehead atoms. The van der Waals surface area contributed by atoms with Gasteiger partial charge in [-0.2, -0.15) is 0 Å². The van der Waals surface area contributed by atoms with Crippen LogP contribution in [0.2, 0.25) is 0 Å². The first-order chi connectivity index (χ1) is 16.2. The number of hydrogen-bond donors (Lipinski definition) is 1. The summed E-state index contributed by atoms with van der Waals surface area (Å²) in [4.78, 5) is 27.7. The van der Waals surface area contributed by atoms with Crippen LogP contribution in [0, 0.1) is 6.92 Å². The smallest absolute Gasteiger partial charge is 0.244 e. The zero-order valence-electron chi connectivity index (χ0n) is 19.9. The number of aryl methyl sites for hydroxylation is 1. The van der Waals surface area contributed by atoms with Gasteiger partial charge in [-0.1, -0.05) is 31.2 Å². The Kier molecular flexibility index (Phi) is 8.03. The van der Waals surface area contributed by atoms with Crippen LogP contribution in [0.5, 0.6) is 11.5 Å². The van der Waals surface area contributed by atoms with Gasteiger partial charge in [-0.15, -0.1) is 0 Å². The summed E-state index contributed by atoms with van der Waals surface area (Å²) in [6.45, 7) is 5.04. The number of nitrogens with zero attached hydrogens (tertiary/aromatic N) is 2. The van der Waals surface area contributed by atoms with Crippen molar-refractivity contribution in [3.05, 3.63) is 53.6 Å². The van der Waals surface area contributed by atoms with Gasteiger partial charge in [0, 0.05) is 19.7 Å². The third-order valence-electron chi connectivity index (χ3n) is 5.86. The lowest BCUT2D eigenvalue weighted by Gasteiger charge is -2.33. The van der Waals surface area contributed by atoms with Gasteiger partial charge in [-0.3, -0.25) is 13.9 Å². The van der Waals surface area contributed by atoms with Crippen molar-refractivity contribution in [2.75, 3.05) is 30.4 Å². The quantitative estimate of drug-likeness (QED) is 0.550. The third kappa shape index (κ3) is 5.44. The van der Waals surface area contributed by atoms with Crippen LogP contribution < -0.4 is 19.1 Å². The van der Waals surface area contributed by atoms with E-state index in [1.807, 2.05) is 38.1 Å². The molecule has 1 heterocycles. The molecule has 9 nitrogen and oxygen atoms in total. The molecule has 1 N–H and O–H groups in total. The largest absolute Gasteiger partial charge is 0.454 e. The van der Waals surface area contributed by atoms with Crippen molar-refractivity contribution < 1.29 is 27.5 Å². The highest BCUT2D eigenvalue weighted by Crippen LogP contribution is 2.36. The van der Waals surface area contributed by atoms with E-state index in [2.05, 4.69) is 5.32 Å². The number of carbonyl (C=O) groups excluding carboxylic acids is 2. The molecule has 184 valence electrons. The van der Waals surface area contributed by atoms with E-state index >= 15 is 0 Å². The highest BCUT2D eigenvalue weighted by atomic mass is 32.2. The normalized spacial score (nSPS) is 13.3. The molecule has 0 aliphatic carbocycles. The molecule has 1 atom stereocenters. The number of amides is 2. The number of hydrogen-bond acceptors (Lipinski definition) is 6. The minimum Gasteiger partial charge on any atom is -0.454 e. The molecule has 10 heteroatoms. The van der Waals surface area contributed by atoms with Gasteiger partial charge in [0.25, 0.3) is 0 Å². The van der Waals surface area contributed by atoms with E-state index in [0.717, 1.165) is 15.4 Å². The minimum atomic E-state index is -3.81. The van der Waals surface area contributed by atoms with Gasteiger partial charge in [-0.05, 0) is 43.5 Å². The Hall–Kier alpha value is -3.27. The van der Waals surface area contributed by atoms with Crippen LogP contribution in [-0.4, -0.2) is 57.3 Å². The Balaban J connectivity index is 1.98. The van der Waals surface area contributed by atoms with Gasteiger partial charge in [0.15, 0.2) is 11.5 Å². The second-order valence-corrected chi connectivity index (χ2v) is 10.1. The Morgan fingerprint density at radius 3 is 2.44 bits per heavy atom. The first kappa shape index (κ1) is 25.4. The van der Waals surface area contributed by atoms with Crippen molar-refractivity contribution >= 4 is 27.5 Å². The molecule has 0 saturated carbocycles. The third-order valence-corrected chi connectivity index (χ3v) is 7.60. The van der Waals surface area contributed by atoms with Gasteiger partial charge < -0.3 is 19.7 Å². The van der Waals surface area contributed by atoms with Gasteiger partial charge >= 0.3 is 0 Å². The summed E-state index contributed by atoms with van der Waals surface area (Å²) in [6.07, 6.45) is 0.377. The van der Waals surface area contributed by atoms with Crippen LogP contribution in [0.15, 0.2) is 42.5 Å². The lowest BCUT2D eigenvalue weighted by atomic mass is 10.1. The Bertz CT molecular complexity index is 1150. The van der Waals surface area contributed by atoms with E-state index in [9.17, 15) is 18.0 Å². The maximum atomic E-state index is 13.6. The standard InChI is InChI=1S/C24H31N3O6S/c1-5-20(24(29)25-4)26(14-18-10-8-7-9-17(18)3)23(28)15-27(34(30,31)6-2)19-11-12-21-22(13-19)33-16-32-21/h7-13,20H,5-6,14-16H2,1-4H3,(H,25,29)/t20-/m1/s1. The maximum absolute atomic E-state index is 13.6. The molecule has 0 aromatic heterocycles. The highest BCUT2D eigenvalue weighted by molar-refractivity contribution is 7.92. The van der Waals surface area contributed by atoms with E-state index in [0.29, 0.717) is 23.6 Å². The average molecular weight is 490 g/mol. The van der Waals surface area contributed by atoms with Crippen LogP contribution in [0.3, 0.4) is 0 Å². The molecule has 3 rings (SSSR count). The lowest BCUT2D eigenvalue weighted by Crippen LogP contribution is -2.52. The Morgan fingerprint density at radius 1 is 1.09 bits per heavy atom. The second-order valence-electron chi connectivity index (χ2n) is 7.93. The number of fused-ring (bicyclic) bond motifs is 1. The van der Waals surface area contributed by atoms with E-state index in [4.69, 9.17) is 9.47 Å². The molecule has 2 amide bonds.